The van der Waals surface area contributed by atoms with Gasteiger partial charge >= 0.3 is 11.9 Å². The van der Waals surface area contributed by atoms with E-state index in [9.17, 15) is 24.3 Å². The number of furan rings is 1. The van der Waals surface area contributed by atoms with Gasteiger partial charge in [-0.05, 0) is 71.3 Å². The molecule has 1 saturated heterocycles. The molecular formula is C27H32O9. The Morgan fingerprint density at radius 3 is 2.44 bits per heavy atom. The molecule has 3 heterocycles. The van der Waals surface area contributed by atoms with Crippen LogP contribution in [0.15, 0.2) is 46.8 Å². The maximum atomic E-state index is 14.3. The van der Waals surface area contributed by atoms with Crippen molar-refractivity contribution in [3.8, 4) is 0 Å². The summed E-state index contributed by atoms with van der Waals surface area (Å²) >= 11 is 0. The van der Waals surface area contributed by atoms with Gasteiger partial charge in [0.15, 0.2) is 17.7 Å². The van der Waals surface area contributed by atoms with Gasteiger partial charge in [-0.2, -0.15) is 0 Å². The molecule has 0 amide bonds. The van der Waals surface area contributed by atoms with E-state index in [-0.39, 0.29) is 12.2 Å². The summed E-state index contributed by atoms with van der Waals surface area (Å²) in [6.07, 6.45) is 5.27. The van der Waals surface area contributed by atoms with Crippen LogP contribution in [0.3, 0.4) is 0 Å². The average molecular weight is 501 g/mol. The second-order valence-corrected chi connectivity index (χ2v) is 10.7. The molecule has 0 bridgehead atoms. The third-order valence-corrected chi connectivity index (χ3v) is 8.43. The highest BCUT2D eigenvalue weighted by Gasteiger charge is 2.84. The van der Waals surface area contributed by atoms with E-state index in [0.29, 0.717) is 17.6 Å². The summed E-state index contributed by atoms with van der Waals surface area (Å²) < 4.78 is 21.6. The fourth-order valence-electron chi connectivity index (χ4n) is 6.35. The van der Waals surface area contributed by atoms with Crippen LogP contribution in [0.25, 0.3) is 0 Å². The van der Waals surface area contributed by atoms with Crippen LogP contribution in [-0.4, -0.2) is 59.1 Å². The number of aliphatic hydroxyl groups is 1. The number of hydrogen-bond donors (Lipinski definition) is 1. The largest absolute Gasteiger partial charge is 0.472 e. The third-order valence-electron chi connectivity index (χ3n) is 8.43. The minimum Gasteiger partial charge on any atom is -0.472 e. The molecule has 1 aliphatic carbocycles. The fraction of sp³-hybridized carbons (Fsp3) is 0.556. The van der Waals surface area contributed by atoms with Crippen LogP contribution in [0, 0.1) is 16.7 Å². The Morgan fingerprint density at radius 2 is 1.89 bits per heavy atom. The van der Waals surface area contributed by atoms with E-state index in [1.54, 1.807) is 34.6 Å². The number of allylic oxidation sites excluding steroid dienone is 1. The van der Waals surface area contributed by atoms with Gasteiger partial charge in [0.25, 0.3) is 0 Å². The van der Waals surface area contributed by atoms with E-state index >= 15 is 0 Å². The van der Waals surface area contributed by atoms with Crippen molar-refractivity contribution in [2.75, 3.05) is 7.11 Å². The summed E-state index contributed by atoms with van der Waals surface area (Å²) in [5.74, 6) is -2.64. The predicted molar refractivity (Wildman–Crippen MR) is 126 cm³/mol. The number of methoxy groups -OCH3 is 1. The molecule has 9 heteroatoms. The molecule has 1 saturated carbocycles. The number of ether oxygens (including phenoxy) is 3. The van der Waals surface area contributed by atoms with Gasteiger partial charge < -0.3 is 23.7 Å². The van der Waals surface area contributed by atoms with Gasteiger partial charge in [-0.15, -0.1) is 0 Å². The van der Waals surface area contributed by atoms with Gasteiger partial charge in [0.05, 0.1) is 35.9 Å². The number of epoxide rings is 1. The molecule has 4 rings (SSSR count). The summed E-state index contributed by atoms with van der Waals surface area (Å²) in [5, 5.41) is 10.8. The molecule has 194 valence electrons. The molecule has 1 spiro atoms. The van der Waals surface area contributed by atoms with Crippen LogP contribution >= 0.6 is 0 Å². The smallest absolute Gasteiger partial charge is 0.338 e. The van der Waals surface area contributed by atoms with E-state index in [4.69, 9.17) is 18.6 Å². The Bertz CT molecular complexity index is 1160. The van der Waals surface area contributed by atoms with Gasteiger partial charge in [0, 0.05) is 12.0 Å². The number of Topliss-reactive ketones (excluding diaryl/α,β-unsaturated/α-hetero) is 1. The minimum atomic E-state index is -1.59. The molecule has 6 atom stereocenters. The van der Waals surface area contributed by atoms with Gasteiger partial charge in [0.1, 0.15) is 17.5 Å². The number of rotatable bonds is 6. The van der Waals surface area contributed by atoms with Gasteiger partial charge in [-0.3, -0.25) is 9.59 Å². The van der Waals surface area contributed by atoms with Crippen molar-refractivity contribution in [2.24, 2.45) is 16.7 Å². The third kappa shape index (κ3) is 3.51. The summed E-state index contributed by atoms with van der Waals surface area (Å²) in [6.45, 7) is 8.23. The van der Waals surface area contributed by atoms with Gasteiger partial charge in [-0.1, -0.05) is 0 Å². The molecule has 3 aliphatic rings. The molecule has 36 heavy (non-hydrogen) atoms. The zero-order chi connectivity index (χ0) is 26.7. The van der Waals surface area contributed by atoms with Crippen LogP contribution in [0.4, 0.5) is 0 Å². The van der Waals surface area contributed by atoms with Crippen LogP contribution in [0.1, 0.15) is 57.8 Å². The number of cyclic esters (lactones) is 1. The SMILES string of the molecule is COC(=O)[C@H]1O[C@@]12[C@](C)(C(=O)c1ccoc1)CC[C@H]([C@@H](C)O)[C@@]2(C)C(=O)/C=C1\C=CC(=O)OC1(C)C. The quantitative estimate of drug-likeness (QED) is 0.271. The van der Waals surface area contributed by atoms with E-state index < -0.39 is 57.9 Å². The van der Waals surface area contributed by atoms with Crippen molar-refractivity contribution in [1.29, 1.82) is 0 Å². The second kappa shape index (κ2) is 8.52. The van der Waals surface area contributed by atoms with Crippen molar-refractivity contribution in [2.45, 2.75) is 70.9 Å². The maximum Gasteiger partial charge on any atom is 0.338 e. The molecule has 1 aromatic rings. The molecular weight excluding hydrogens is 468 g/mol. The number of carbonyl (C=O) groups excluding carboxylic acids is 4. The molecule has 9 nitrogen and oxygen atoms in total. The summed E-state index contributed by atoms with van der Waals surface area (Å²) in [6, 6.07) is 1.53. The zero-order valence-corrected chi connectivity index (χ0v) is 21.3. The average Bonchev–Trinajstić information content (AvgIpc) is 3.34. The monoisotopic (exact) mass is 500 g/mol. The standard InChI is InChI=1S/C27H32O9/c1-15(28)18-9-11-25(4,21(31)16-10-12-34-14-16)27(22(36-27)23(32)33-6)26(18,5)19(29)13-17-7-8-20(30)35-24(17,2)3/h7-8,10,12-15,18,22,28H,9,11H2,1-6H3/b17-13+/t15-,18-,22-,25+,26+,27-/m1/s1. The van der Waals surface area contributed by atoms with Crippen molar-refractivity contribution in [3.63, 3.8) is 0 Å². The highest BCUT2D eigenvalue weighted by molar-refractivity contribution is 6.06. The van der Waals surface area contributed by atoms with Crippen molar-refractivity contribution >= 4 is 23.5 Å². The first-order valence-electron chi connectivity index (χ1n) is 11.9. The van der Waals surface area contributed by atoms with Crippen LogP contribution in [0.5, 0.6) is 0 Å². The van der Waals surface area contributed by atoms with Crippen LogP contribution in [0.2, 0.25) is 0 Å². The maximum absolute atomic E-state index is 14.3. The molecule has 0 unspecified atom stereocenters. The lowest BCUT2D eigenvalue weighted by Gasteiger charge is -2.54. The molecule has 2 fully saturated rings. The van der Waals surface area contributed by atoms with Gasteiger partial charge in [0.2, 0.25) is 0 Å². The first-order chi connectivity index (χ1) is 16.8. The molecule has 0 radical (unpaired) electrons. The second-order valence-electron chi connectivity index (χ2n) is 10.7. The van der Waals surface area contributed by atoms with E-state index in [0.717, 1.165) is 0 Å². The molecule has 1 N–H and O–H groups in total. The fourth-order valence-corrected chi connectivity index (χ4v) is 6.35. The summed E-state index contributed by atoms with van der Waals surface area (Å²) in [4.78, 5) is 52.7. The number of carbonyl (C=O) groups is 4. The predicted octanol–water partition coefficient (Wildman–Crippen LogP) is 2.96. The Hall–Kier alpha value is -3.04. The first kappa shape index (κ1) is 26.0. The number of ketones is 2. The highest BCUT2D eigenvalue weighted by Crippen LogP contribution is 2.70. The summed E-state index contributed by atoms with van der Waals surface area (Å²) in [7, 11) is 1.22. The summed E-state index contributed by atoms with van der Waals surface area (Å²) in [5.41, 5.74) is -4.75. The zero-order valence-electron chi connectivity index (χ0n) is 21.3. The number of esters is 2. The van der Waals surface area contributed by atoms with E-state index in [2.05, 4.69) is 0 Å². The minimum absolute atomic E-state index is 0.266. The Kier molecular flexibility index (Phi) is 6.16. The van der Waals surface area contributed by atoms with E-state index in [1.165, 1.54) is 43.9 Å². The highest BCUT2D eigenvalue weighted by atomic mass is 16.7. The Morgan fingerprint density at radius 1 is 1.19 bits per heavy atom. The molecule has 0 aromatic carbocycles. The lowest BCUT2D eigenvalue weighted by atomic mass is 9.46. The first-order valence-corrected chi connectivity index (χ1v) is 11.9. The van der Waals surface area contributed by atoms with Crippen molar-refractivity contribution in [3.05, 3.63) is 48.0 Å². The lowest BCUT2D eigenvalue weighted by Crippen LogP contribution is -2.65. The van der Waals surface area contributed by atoms with Gasteiger partial charge in [-0.25, -0.2) is 9.59 Å². The normalized spacial score (nSPS) is 36.9. The van der Waals surface area contributed by atoms with Crippen molar-refractivity contribution in [1.82, 2.24) is 0 Å². The molecule has 1 aromatic heterocycles. The number of aliphatic hydroxyl groups excluding tert-OH is 1. The van der Waals surface area contributed by atoms with Crippen LogP contribution < -0.4 is 0 Å². The lowest BCUT2D eigenvalue weighted by molar-refractivity contribution is -0.151. The topological polar surface area (TPSA) is 133 Å². The number of hydrogen-bond acceptors (Lipinski definition) is 9. The Balaban J connectivity index is 1.91. The van der Waals surface area contributed by atoms with Crippen molar-refractivity contribution < 1.29 is 42.9 Å². The van der Waals surface area contributed by atoms with E-state index in [1.807, 2.05) is 0 Å². The van der Waals surface area contributed by atoms with Crippen LogP contribution in [-0.2, 0) is 28.6 Å². The molecule has 2 aliphatic heterocycles. The Labute approximate surface area is 209 Å².